The van der Waals surface area contributed by atoms with Crippen molar-refractivity contribution in [2.45, 2.75) is 39.7 Å². The molecule has 0 saturated carbocycles. The highest BCUT2D eigenvalue weighted by Gasteiger charge is 2.13. The molecule has 0 spiro atoms. The van der Waals surface area contributed by atoms with Crippen LogP contribution in [0.15, 0.2) is 24.3 Å². The third-order valence-electron chi connectivity index (χ3n) is 2.45. The summed E-state index contributed by atoms with van der Waals surface area (Å²) in [5.41, 5.74) is 2.24. The van der Waals surface area contributed by atoms with Crippen LogP contribution in [0.25, 0.3) is 0 Å². The van der Waals surface area contributed by atoms with Gasteiger partial charge in [0, 0.05) is 0 Å². The number of hydrogen-bond acceptors (Lipinski definition) is 0. The molecule has 1 nitrogen and oxygen atoms in total. The van der Waals surface area contributed by atoms with Crippen LogP contribution in [0.4, 0.5) is 0 Å². The lowest BCUT2D eigenvalue weighted by Crippen LogP contribution is -2.03. The van der Waals surface area contributed by atoms with Crippen LogP contribution < -0.4 is 0 Å². The highest BCUT2D eigenvalue weighted by atomic mass is 16.3. The number of benzene rings is 1. The Kier molecular flexibility index (Phi) is 4.15. The monoisotopic (exact) mass is 191 g/mol. The normalized spacial score (nSPS) is 13.2. The van der Waals surface area contributed by atoms with Gasteiger partial charge < -0.3 is 0 Å². The molecule has 77 valence electrons. The predicted octanol–water partition coefficient (Wildman–Crippen LogP) is 3.77. The van der Waals surface area contributed by atoms with Crippen LogP contribution in [-0.2, 0) is 11.5 Å². The molecular formula is C13H19O. The standard InChI is InChI=1S/C13H19O/c1-4-5-11-6-8-12(9-7-11)13(14)10(2)3/h6-10,13H,4-5H2,1-3H3. The van der Waals surface area contributed by atoms with E-state index in [4.69, 9.17) is 0 Å². The third kappa shape index (κ3) is 2.85. The summed E-state index contributed by atoms with van der Waals surface area (Å²) in [6, 6.07) is 8.10. The Labute approximate surface area is 86.8 Å². The van der Waals surface area contributed by atoms with Crippen molar-refractivity contribution in [3.63, 3.8) is 0 Å². The summed E-state index contributed by atoms with van der Waals surface area (Å²) < 4.78 is 0. The minimum absolute atomic E-state index is 0.173. The van der Waals surface area contributed by atoms with Gasteiger partial charge in [0.1, 0.15) is 6.10 Å². The van der Waals surface area contributed by atoms with Crippen molar-refractivity contribution < 1.29 is 5.11 Å². The zero-order chi connectivity index (χ0) is 10.6. The molecule has 1 aromatic carbocycles. The van der Waals surface area contributed by atoms with Crippen molar-refractivity contribution in [1.29, 1.82) is 0 Å². The molecule has 1 atom stereocenters. The summed E-state index contributed by atoms with van der Waals surface area (Å²) in [6.45, 7) is 6.10. The molecule has 1 heteroatoms. The smallest absolute Gasteiger partial charge is 0.120 e. The molecule has 0 bridgehead atoms. The molecule has 0 aliphatic heterocycles. The van der Waals surface area contributed by atoms with E-state index in [9.17, 15) is 5.11 Å². The molecule has 1 radical (unpaired) electrons. The zero-order valence-electron chi connectivity index (χ0n) is 9.29. The first-order valence-electron chi connectivity index (χ1n) is 5.39. The van der Waals surface area contributed by atoms with E-state index in [2.05, 4.69) is 19.1 Å². The van der Waals surface area contributed by atoms with E-state index < -0.39 is 6.10 Å². The van der Waals surface area contributed by atoms with Crippen LogP contribution in [-0.4, -0.2) is 0 Å². The van der Waals surface area contributed by atoms with E-state index in [1.807, 2.05) is 26.0 Å². The molecule has 1 unspecified atom stereocenters. The van der Waals surface area contributed by atoms with Crippen LogP contribution in [0, 0.1) is 5.92 Å². The molecule has 14 heavy (non-hydrogen) atoms. The second kappa shape index (κ2) is 5.16. The van der Waals surface area contributed by atoms with Gasteiger partial charge in [-0.15, -0.1) is 0 Å². The number of hydrogen-bond donors (Lipinski definition) is 0. The molecular weight excluding hydrogens is 172 g/mol. The maximum atomic E-state index is 11.7. The van der Waals surface area contributed by atoms with E-state index >= 15 is 0 Å². The first kappa shape index (κ1) is 11.3. The second-order valence-corrected chi connectivity index (χ2v) is 4.16. The quantitative estimate of drug-likeness (QED) is 0.690. The van der Waals surface area contributed by atoms with Gasteiger partial charge in [-0.05, 0) is 23.5 Å². The average Bonchev–Trinajstić information content (AvgIpc) is 2.18. The van der Waals surface area contributed by atoms with E-state index in [1.165, 1.54) is 5.56 Å². The lowest BCUT2D eigenvalue weighted by atomic mass is 9.97. The fourth-order valence-electron chi connectivity index (χ4n) is 1.55. The fourth-order valence-corrected chi connectivity index (χ4v) is 1.55. The van der Waals surface area contributed by atoms with Gasteiger partial charge in [-0.2, -0.15) is 0 Å². The lowest BCUT2D eigenvalue weighted by molar-refractivity contribution is 0.0488. The summed E-state index contributed by atoms with van der Waals surface area (Å²) in [5.74, 6) is 0.173. The van der Waals surface area contributed by atoms with Gasteiger partial charge in [-0.25, -0.2) is 5.11 Å². The van der Waals surface area contributed by atoms with Gasteiger partial charge in [0.2, 0.25) is 0 Å². The van der Waals surface area contributed by atoms with Crippen molar-refractivity contribution in [3.8, 4) is 0 Å². The minimum atomic E-state index is -0.578. The van der Waals surface area contributed by atoms with Crippen LogP contribution in [0.5, 0.6) is 0 Å². The molecule has 1 aromatic rings. The van der Waals surface area contributed by atoms with Gasteiger partial charge in [0.05, 0.1) is 0 Å². The molecule has 0 fully saturated rings. The first-order valence-corrected chi connectivity index (χ1v) is 5.39. The van der Waals surface area contributed by atoms with Gasteiger partial charge in [0.15, 0.2) is 0 Å². The molecule has 0 saturated heterocycles. The number of rotatable bonds is 4. The Bertz CT molecular complexity index is 261. The highest BCUT2D eigenvalue weighted by molar-refractivity contribution is 5.24. The van der Waals surface area contributed by atoms with Crippen LogP contribution in [0.3, 0.4) is 0 Å². The summed E-state index contributed by atoms with van der Waals surface area (Å²) in [7, 11) is 0. The van der Waals surface area contributed by atoms with Crippen molar-refractivity contribution in [2.75, 3.05) is 0 Å². The summed E-state index contributed by atoms with van der Waals surface area (Å²) in [6.07, 6.45) is 1.68. The highest BCUT2D eigenvalue weighted by Crippen LogP contribution is 2.22. The van der Waals surface area contributed by atoms with Gasteiger partial charge in [-0.1, -0.05) is 51.5 Å². The Morgan fingerprint density at radius 3 is 2.14 bits per heavy atom. The van der Waals surface area contributed by atoms with E-state index in [0.717, 1.165) is 18.4 Å². The average molecular weight is 191 g/mol. The van der Waals surface area contributed by atoms with Crippen molar-refractivity contribution in [2.24, 2.45) is 5.92 Å². The Balaban J connectivity index is 2.72. The first-order chi connectivity index (χ1) is 6.65. The fraction of sp³-hybridized carbons (Fsp3) is 0.538. The molecule has 1 rings (SSSR count). The van der Waals surface area contributed by atoms with Crippen molar-refractivity contribution in [3.05, 3.63) is 35.4 Å². The molecule has 0 heterocycles. The van der Waals surface area contributed by atoms with Crippen LogP contribution >= 0.6 is 0 Å². The maximum absolute atomic E-state index is 11.7. The Hall–Kier alpha value is -0.820. The third-order valence-corrected chi connectivity index (χ3v) is 2.45. The Morgan fingerprint density at radius 2 is 1.71 bits per heavy atom. The topological polar surface area (TPSA) is 19.9 Å². The summed E-state index contributed by atoms with van der Waals surface area (Å²) >= 11 is 0. The molecule has 0 aliphatic carbocycles. The van der Waals surface area contributed by atoms with Crippen molar-refractivity contribution in [1.82, 2.24) is 0 Å². The van der Waals surface area contributed by atoms with Crippen molar-refractivity contribution >= 4 is 0 Å². The second-order valence-electron chi connectivity index (χ2n) is 4.16. The lowest BCUT2D eigenvalue weighted by Gasteiger charge is -2.12. The largest absolute Gasteiger partial charge is 0.228 e. The van der Waals surface area contributed by atoms with E-state index in [0.29, 0.717) is 0 Å². The molecule has 0 aliphatic rings. The summed E-state index contributed by atoms with van der Waals surface area (Å²) in [4.78, 5) is 0. The maximum Gasteiger partial charge on any atom is 0.120 e. The molecule has 0 aromatic heterocycles. The minimum Gasteiger partial charge on any atom is -0.228 e. The SMILES string of the molecule is CCCc1ccc(C([O])C(C)C)cc1. The zero-order valence-corrected chi connectivity index (χ0v) is 9.29. The van der Waals surface area contributed by atoms with Gasteiger partial charge >= 0.3 is 0 Å². The molecule has 0 N–H and O–H groups in total. The van der Waals surface area contributed by atoms with E-state index in [-0.39, 0.29) is 5.92 Å². The Morgan fingerprint density at radius 1 is 1.14 bits per heavy atom. The van der Waals surface area contributed by atoms with Gasteiger partial charge in [0.25, 0.3) is 0 Å². The predicted molar refractivity (Wildman–Crippen MR) is 58.7 cm³/mol. The molecule has 0 amide bonds. The van der Waals surface area contributed by atoms with Gasteiger partial charge in [-0.3, -0.25) is 0 Å². The summed E-state index contributed by atoms with van der Waals surface area (Å²) in [5, 5.41) is 11.7. The number of aryl methyl sites for hydroxylation is 1. The van der Waals surface area contributed by atoms with E-state index in [1.54, 1.807) is 0 Å². The van der Waals surface area contributed by atoms with Crippen LogP contribution in [0.2, 0.25) is 0 Å². The van der Waals surface area contributed by atoms with Crippen LogP contribution in [0.1, 0.15) is 44.4 Å².